The molecule has 9 nitrogen and oxygen atoms in total. The summed E-state index contributed by atoms with van der Waals surface area (Å²) in [6, 6.07) is -5.29. The predicted octanol–water partition coefficient (Wildman–Crippen LogP) is 7.05. The maximum absolute atomic E-state index is 13.6. The second kappa shape index (κ2) is 16.5. The highest BCUT2D eigenvalue weighted by Crippen LogP contribution is 2.52. The molecule has 1 aliphatic heterocycles. The molecule has 0 amide bonds. The summed E-state index contributed by atoms with van der Waals surface area (Å²) in [7, 11) is -0.611. The molecule has 3 N–H and O–H groups in total. The van der Waals surface area contributed by atoms with Crippen LogP contribution in [0.5, 0.6) is 0 Å². The zero-order chi connectivity index (χ0) is 41.5. The van der Waals surface area contributed by atoms with Crippen molar-refractivity contribution < 1.29 is 96.5 Å². The number of fused-ring (bicyclic) bond motifs is 4. The molecule has 1 heterocycles. The Bertz CT molecular complexity index is 1290. The van der Waals surface area contributed by atoms with E-state index >= 15 is 0 Å². The van der Waals surface area contributed by atoms with E-state index in [-0.39, 0.29) is 11.8 Å². The molecule has 1 saturated heterocycles. The third-order valence-corrected chi connectivity index (χ3v) is 9.88. The van der Waals surface area contributed by atoms with E-state index in [1.54, 1.807) is 0 Å². The highest BCUT2D eigenvalue weighted by molar-refractivity contribution is 6.74. The lowest BCUT2D eigenvalue weighted by atomic mass is 9.89. The van der Waals surface area contributed by atoms with Crippen LogP contribution in [0.1, 0.15) is 57.8 Å². The van der Waals surface area contributed by atoms with E-state index in [1.165, 1.54) is 0 Å². The first-order valence-electron chi connectivity index (χ1n) is 17.3. The maximum atomic E-state index is 13.6. The fourth-order valence-corrected chi connectivity index (χ4v) is 7.35. The van der Waals surface area contributed by atoms with Crippen molar-refractivity contribution in [2.45, 2.75) is 139 Å². The van der Waals surface area contributed by atoms with Gasteiger partial charge in [0.25, 0.3) is 5.92 Å². The van der Waals surface area contributed by atoms with Crippen LogP contribution in [0.2, 0.25) is 26.2 Å². The van der Waals surface area contributed by atoms with E-state index in [2.05, 4.69) is 40.4 Å². The van der Waals surface area contributed by atoms with Crippen LogP contribution in [0.25, 0.3) is 0 Å². The van der Waals surface area contributed by atoms with Gasteiger partial charge in [-0.1, -0.05) is 39.0 Å². The Balaban J connectivity index is 0.000000258. The first kappa shape index (κ1) is 46.5. The lowest BCUT2D eigenvalue weighted by Crippen LogP contribution is -2.59. The van der Waals surface area contributed by atoms with Crippen molar-refractivity contribution in [3.8, 4) is 0 Å². The average Bonchev–Trinajstić information content (AvgIpc) is 3.84. The van der Waals surface area contributed by atoms with E-state index in [1.807, 2.05) is 0 Å². The quantitative estimate of drug-likeness (QED) is 0.0918. The minimum Gasteiger partial charge on any atom is -0.463 e. The number of hydrogen-bond donors (Lipinski definition) is 3. The minimum atomic E-state index is -5.95. The average molecular weight is 831 g/mol. The Morgan fingerprint density at radius 2 is 1.30 bits per heavy atom. The molecule has 54 heavy (non-hydrogen) atoms. The Hall–Kier alpha value is -1.88. The van der Waals surface area contributed by atoms with Crippen LogP contribution in [-0.4, -0.2) is 103 Å². The first-order chi connectivity index (χ1) is 24.3. The molecule has 22 heteroatoms. The van der Waals surface area contributed by atoms with E-state index in [4.69, 9.17) is 14.9 Å². The highest BCUT2D eigenvalue weighted by atomic mass is 28.3. The second-order valence-electron chi connectivity index (χ2n) is 16.3. The molecule has 0 aromatic carbocycles. The molecule has 0 radical (unpaired) electrons. The van der Waals surface area contributed by atoms with Crippen molar-refractivity contribution in [3.63, 3.8) is 0 Å². The van der Waals surface area contributed by atoms with Crippen molar-refractivity contribution in [2.24, 2.45) is 35.5 Å². The summed E-state index contributed by atoms with van der Waals surface area (Å²) in [5, 5.41) is 26.8. The van der Waals surface area contributed by atoms with Crippen molar-refractivity contribution in [3.05, 3.63) is 0 Å². The molecule has 0 spiro atoms. The Morgan fingerprint density at radius 3 is 1.67 bits per heavy atom. The number of hydrogen-bond acceptors (Lipinski definition) is 9. The molecule has 4 bridgehead atoms. The van der Waals surface area contributed by atoms with Gasteiger partial charge in [-0.3, -0.25) is 9.59 Å². The van der Waals surface area contributed by atoms with Crippen molar-refractivity contribution >= 4 is 20.0 Å². The van der Waals surface area contributed by atoms with Gasteiger partial charge in [0.1, 0.15) is 19.3 Å². The number of rotatable bonds is 10. The SMILES string of the molecule is C[Si](C)(C)C.O=C(OC(F)CC(F)(F)COC(O)(F)C(F)(F)F)C1CC2CCC1C2.O=C(OCC1OC(O)(C(F)(F)F)C(F)(F)C1O)C1CC2CCC1C2. The van der Waals surface area contributed by atoms with Gasteiger partial charge in [-0.15, -0.1) is 0 Å². The third-order valence-electron chi connectivity index (χ3n) is 9.88. The molecular weight excluding hydrogens is 784 g/mol. The number of carbonyl (C=O) groups excluding carboxylic acids is 2. The van der Waals surface area contributed by atoms with Gasteiger partial charge in [-0.2, -0.15) is 39.5 Å². The van der Waals surface area contributed by atoms with Gasteiger partial charge in [0.15, 0.2) is 6.10 Å². The maximum Gasteiger partial charge on any atom is 0.477 e. The number of aliphatic hydroxyl groups excluding tert-OH is 1. The lowest BCUT2D eigenvalue weighted by molar-refractivity contribution is -0.431. The minimum absolute atomic E-state index is 0.0295. The largest absolute Gasteiger partial charge is 0.477 e. The van der Waals surface area contributed by atoms with Crippen LogP contribution < -0.4 is 0 Å². The van der Waals surface area contributed by atoms with Gasteiger partial charge in [0, 0.05) is 8.07 Å². The first-order valence-corrected chi connectivity index (χ1v) is 21.3. The van der Waals surface area contributed by atoms with Gasteiger partial charge < -0.3 is 34.3 Å². The summed E-state index contributed by atoms with van der Waals surface area (Å²) in [6.07, 6.45) is -15.1. The predicted molar refractivity (Wildman–Crippen MR) is 163 cm³/mol. The molecule has 5 fully saturated rings. The van der Waals surface area contributed by atoms with Gasteiger partial charge in [-0.05, 0) is 62.2 Å². The van der Waals surface area contributed by atoms with E-state index in [0.29, 0.717) is 24.7 Å². The van der Waals surface area contributed by atoms with Crippen molar-refractivity contribution in [1.82, 2.24) is 0 Å². The summed E-state index contributed by atoms with van der Waals surface area (Å²) >= 11 is 0. The van der Waals surface area contributed by atoms with Crippen LogP contribution >= 0.6 is 0 Å². The zero-order valence-corrected chi connectivity index (χ0v) is 30.8. The van der Waals surface area contributed by atoms with Gasteiger partial charge in [0.05, 0.1) is 18.3 Å². The van der Waals surface area contributed by atoms with Crippen LogP contribution in [0.3, 0.4) is 0 Å². The third kappa shape index (κ3) is 11.4. The van der Waals surface area contributed by atoms with E-state index in [9.17, 15) is 67.4 Å². The molecule has 5 aliphatic rings. The molecule has 5 rings (SSSR count). The molecule has 0 aromatic heterocycles. The van der Waals surface area contributed by atoms with E-state index < -0.39 is 106 Å². The summed E-state index contributed by atoms with van der Waals surface area (Å²) in [5.74, 6) is -15.8. The van der Waals surface area contributed by atoms with Crippen LogP contribution in [-0.2, 0) is 28.5 Å². The second-order valence-corrected chi connectivity index (χ2v) is 22.3. The molecule has 0 aromatic rings. The summed E-state index contributed by atoms with van der Waals surface area (Å²) in [5.41, 5.74) is 0. The molecule has 4 saturated carbocycles. The fraction of sp³-hybridized carbons (Fsp3) is 0.938. The van der Waals surface area contributed by atoms with Crippen molar-refractivity contribution in [2.75, 3.05) is 13.2 Å². The standard InChI is InChI=1S/C14H17F7O4.C14H17F5O5.C4H12Si/c15-10(25-11(22)9-4-7-1-2-8(9)3-7)5-12(16,17)6-24-14(21,23)13(18,19)20;15-12(16)10(20)9(24-13(12,22)14(17,18)19)5-23-11(21)8-4-6-1-2-7(8)3-6;1-5(2,3)4/h7-10,23H,1-6H2;6-10,20,22H,1-5H2;1-4H3. The summed E-state index contributed by atoms with van der Waals surface area (Å²) < 4.78 is 170. The monoisotopic (exact) mass is 830 g/mol. The van der Waals surface area contributed by atoms with Gasteiger partial charge in [-0.25, -0.2) is 13.2 Å². The fourth-order valence-electron chi connectivity index (χ4n) is 7.35. The number of esters is 2. The lowest BCUT2D eigenvalue weighted by Gasteiger charge is -2.30. The molecule has 11 atom stereocenters. The number of alkyl halides is 12. The zero-order valence-electron chi connectivity index (χ0n) is 29.8. The van der Waals surface area contributed by atoms with Crippen LogP contribution in [0.4, 0.5) is 52.7 Å². The Kier molecular flexibility index (Phi) is 14.2. The molecular formula is C32H46F12O9Si. The van der Waals surface area contributed by atoms with Gasteiger partial charge >= 0.3 is 42.0 Å². The topological polar surface area (TPSA) is 132 Å². The number of halogens is 12. The molecule has 4 aliphatic carbocycles. The molecule has 316 valence electrons. The Labute approximate surface area is 304 Å². The number of ether oxygens (including phenoxy) is 4. The van der Waals surface area contributed by atoms with Crippen LogP contribution in [0.15, 0.2) is 0 Å². The molecule has 11 unspecified atom stereocenters. The number of carbonyl (C=O) groups is 2. The highest BCUT2D eigenvalue weighted by Gasteiger charge is 2.79. The van der Waals surface area contributed by atoms with Crippen molar-refractivity contribution in [1.29, 1.82) is 0 Å². The van der Waals surface area contributed by atoms with Crippen LogP contribution in [0, 0.1) is 35.5 Å². The number of aliphatic hydroxyl groups is 3. The van der Waals surface area contributed by atoms with Gasteiger partial charge in [0.2, 0.25) is 6.36 Å². The summed E-state index contributed by atoms with van der Waals surface area (Å²) in [4.78, 5) is 23.8. The van der Waals surface area contributed by atoms with E-state index in [0.717, 1.165) is 38.5 Å². The summed E-state index contributed by atoms with van der Waals surface area (Å²) in [6.45, 7) is 6.08. The Morgan fingerprint density at radius 1 is 0.833 bits per heavy atom. The smallest absolute Gasteiger partial charge is 0.463 e. The normalized spacial score (nSPS) is 34.6.